The molecule has 0 aromatic carbocycles. The van der Waals surface area contributed by atoms with Crippen LogP contribution in [0.2, 0.25) is 0 Å². The lowest BCUT2D eigenvalue weighted by atomic mass is 9.80. The van der Waals surface area contributed by atoms with Gasteiger partial charge in [-0.2, -0.15) is 0 Å². The Kier molecular flexibility index (Phi) is 3.60. The Morgan fingerprint density at radius 1 is 1.40 bits per heavy atom. The van der Waals surface area contributed by atoms with Gasteiger partial charge in [0.25, 0.3) is 0 Å². The Labute approximate surface area is 91.8 Å². The summed E-state index contributed by atoms with van der Waals surface area (Å²) < 4.78 is 5.11. The second-order valence-corrected chi connectivity index (χ2v) is 5.21. The zero-order chi connectivity index (χ0) is 11.6. The van der Waals surface area contributed by atoms with Gasteiger partial charge in [-0.05, 0) is 11.8 Å². The number of amides is 1. The van der Waals surface area contributed by atoms with E-state index in [-0.39, 0.29) is 11.6 Å². The van der Waals surface area contributed by atoms with Crippen molar-refractivity contribution in [3.05, 3.63) is 0 Å². The standard InChI is InChI=1S/C11H22N2O2/c1-8(2)5-15-10(14)13-6-11(12,7-13)9(3)4/h8-9H,5-7,12H2,1-4H3. The van der Waals surface area contributed by atoms with E-state index in [1.807, 2.05) is 13.8 Å². The lowest BCUT2D eigenvalue weighted by molar-refractivity contribution is 0.0181. The summed E-state index contributed by atoms with van der Waals surface area (Å²) >= 11 is 0. The van der Waals surface area contributed by atoms with E-state index in [4.69, 9.17) is 10.5 Å². The molecule has 1 aliphatic heterocycles. The molecule has 0 radical (unpaired) electrons. The van der Waals surface area contributed by atoms with Crippen molar-refractivity contribution >= 4 is 6.09 Å². The fraction of sp³-hybridized carbons (Fsp3) is 0.909. The topological polar surface area (TPSA) is 55.6 Å². The van der Waals surface area contributed by atoms with Gasteiger partial charge >= 0.3 is 6.09 Å². The van der Waals surface area contributed by atoms with Crippen LogP contribution in [0.15, 0.2) is 0 Å². The van der Waals surface area contributed by atoms with Crippen LogP contribution in [-0.2, 0) is 4.74 Å². The van der Waals surface area contributed by atoms with Crippen molar-refractivity contribution < 1.29 is 9.53 Å². The lowest BCUT2D eigenvalue weighted by Crippen LogP contribution is -2.71. The molecule has 1 heterocycles. The van der Waals surface area contributed by atoms with Crippen LogP contribution in [0.5, 0.6) is 0 Å². The van der Waals surface area contributed by atoms with Gasteiger partial charge in [-0.25, -0.2) is 4.79 Å². The van der Waals surface area contributed by atoms with Crippen molar-refractivity contribution in [1.82, 2.24) is 4.90 Å². The highest BCUT2D eigenvalue weighted by Crippen LogP contribution is 2.26. The van der Waals surface area contributed by atoms with Gasteiger partial charge in [-0.1, -0.05) is 27.7 Å². The maximum absolute atomic E-state index is 11.5. The van der Waals surface area contributed by atoms with Crippen LogP contribution in [-0.4, -0.2) is 36.2 Å². The molecule has 1 rings (SSSR count). The van der Waals surface area contributed by atoms with Crippen molar-refractivity contribution in [3.8, 4) is 0 Å². The zero-order valence-electron chi connectivity index (χ0n) is 10.1. The van der Waals surface area contributed by atoms with Gasteiger partial charge in [0.1, 0.15) is 0 Å². The van der Waals surface area contributed by atoms with E-state index < -0.39 is 0 Å². The lowest BCUT2D eigenvalue weighted by Gasteiger charge is -2.49. The molecule has 0 aromatic heterocycles. The van der Waals surface area contributed by atoms with E-state index in [0.29, 0.717) is 31.5 Å². The van der Waals surface area contributed by atoms with Crippen molar-refractivity contribution in [2.75, 3.05) is 19.7 Å². The molecule has 0 aliphatic carbocycles. The molecule has 1 amide bonds. The Morgan fingerprint density at radius 2 is 1.93 bits per heavy atom. The number of likely N-dealkylation sites (tertiary alicyclic amines) is 1. The second kappa shape index (κ2) is 4.39. The fourth-order valence-corrected chi connectivity index (χ4v) is 1.49. The number of nitrogens with two attached hydrogens (primary N) is 1. The van der Waals surface area contributed by atoms with Crippen molar-refractivity contribution in [2.24, 2.45) is 17.6 Å². The number of nitrogens with zero attached hydrogens (tertiary/aromatic N) is 1. The zero-order valence-corrected chi connectivity index (χ0v) is 10.1. The monoisotopic (exact) mass is 214 g/mol. The van der Waals surface area contributed by atoms with Crippen LogP contribution in [0.4, 0.5) is 4.79 Å². The largest absolute Gasteiger partial charge is 0.449 e. The van der Waals surface area contributed by atoms with Gasteiger partial charge in [0.05, 0.1) is 12.1 Å². The van der Waals surface area contributed by atoms with E-state index in [2.05, 4.69) is 13.8 Å². The van der Waals surface area contributed by atoms with Gasteiger partial charge in [0.2, 0.25) is 0 Å². The number of hydrogen-bond donors (Lipinski definition) is 1. The average molecular weight is 214 g/mol. The van der Waals surface area contributed by atoms with Crippen LogP contribution in [0.3, 0.4) is 0 Å². The van der Waals surface area contributed by atoms with Crippen LogP contribution >= 0.6 is 0 Å². The highest BCUT2D eigenvalue weighted by molar-refractivity contribution is 5.69. The molecule has 4 heteroatoms. The molecule has 0 aromatic rings. The highest BCUT2D eigenvalue weighted by atomic mass is 16.6. The number of ether oxygens (including phenoxy) is 1. The predicted octanol–water partition coefficient (Wildman–Crippen LogP) is 1.45. The van der Waals surface area contributed by atoms with Crippen LogP contribution in [0, 0.1) is 11.8 Å². The van der Waals surface area contributed by atoms with Gasteiger partial charge < -0.3 is 15.4 Å². The van der Waals surface area contributed by atoms with E-state index in [9.17, 15) is 4.79 Å². The molecule has 1 saturated heterocycles. The summed E-state index contributed by atoms with van der Waals surface area (Å²) in [4.78, 5) is 13.2. The molecule has 88 valence electrons. The van der Waals surface area contributed by atoms with Gasteiger partial charge in [-0.3, -0.25) is 0 Å². The van der Waals surface area contributed by atoms with E-state index in [0.717, 1.165) is 0 Å². The Morgan fingerprint density at radius 3 is 2.33 bits per heavy atom. The highest BCUT2D eigenvalue weighted by Gasteiger charge is 2.44. The Hall–Kier alpha value is -0.770. The maximum Gasteiger partial charge on any atom is 0.409 e. The average Bonchev–Trinajstić information content (AvgIpc) is 2.08. The SMILES string of the molecule is CC(C)COC(=O)N1CC(N)(C(C)C)C1. The molecule has 0 unspecified atom stereocenters. The summed E-state index contributed by atoms with van der Waals surface area (Å²) in [6.07, 6.45) is -0.231. The van der Waals surface area contributed by atoms with E-state index in [1.165, 1.54) is 0 Å². The Balaban J connectivity index is 2.29. The summed E-state index contributed by atoms with van der Waals surface area (Å²) in [5.74, 6) is 0.773. The first-order chi connectivity index (χ1) is 6.85. The second-order valence-electron chi connectivity index (χ2n) is 5.21. The van der Waals surface area contributed by atoms with Gasteiger partial charge in [-0.15, -0.1) is 0 Å². The molecule has 15 heavy (non-hydrogen) atoms. The third kappa shape index (κ3) is 2.84. The summed E-state index contributed by atoms with van der Waals surface area (Å²) in [5, 5.41) is 0. The van der Waals surface area contributed by atoms with Crippen LogP contribution < -0.4 is 5.73 Å². The third-order valence-corrected chi connectivity index (χ3v) is 2.92. The molecule has 4 nitrogen and oxygen atoms in total. The first-order valence-corrected chi connectivity index (χ1v) is 5.56. The molecular formula is C11H22N2O2. The third-order valence-electron chi connectivity index (χ3n) is 2.92. The molecule has 0 atom stereocenters. The van der Waals surface area contributed by atoms with Crippen LogP contribution in [0.25, 0.3) is 0 Å². The quantitative estimate of drug-likeness (QED) is 0.773. The van der Waals surface area contributed by atoms with E-state index >= 15 is 0 Å². The first-order valence-electron chi connectivity index (χ1n) is 5.56. The minimum atomic E-state index is -0.231. The number of carbonyl (C=O) groups excluding carboxylic acids is 1. The summed E-state index contributed by atoms with van der Waals surface area (Å²) in [5.41, 5.74) is 5.87. The van der Waals surface area contributed by atoms with Crippen molar-refractivity contribution in [1.29, 1.82) is 0 Å². The summed E-state index contributed by atoms with van der Waals surface area (Å²) in [6.45, 7) is 9.90. The van der Waals surface area contributed by atoms with E-state index in [1.54, 1.807) is 4.90 Å². The number of carbonyl (C=O) groups is 1. The molecule has 0 bridgehead atoms. The minimum absolute atomic E-state index is 0.211. The normalized spacial score (nSPS) is 19.3. The molecule has 1 aliphatic rings. The summed E-state index contributed by atoms with van der Waals surface area (Å²) in [7, 11) is 0. The molecule has 0 saturated carbocycles. The summed E-state index contributed by atoms with van der Waals surface area (Å²) in [6, 6.07) is 0. The predicted molar refractivity (Wildman–Crippen MR) is 59.5 cm³/mol. The van der Waals surface area contributed by atoms with Gasteiger partial charge in [0, 0.05) is 13.1 Å². The van der Waals surface area contributed by atoms with Gasteiger partial charge in [0.15, 0.2) is 0 Å². The van der Waals surface area contributed by atoms with Crippen molar-refractivity contribution in [2.45, 2.75) is 33.2 Å². The fourth-order valence-electron chi connectivity index (χ4n) is 1.49. The number of rotatable bonds is 3. The minimum Gasteiger partial charge on any atom is -0.449 e. The molecular weight excluding hydrogens is 192 g/mol. The smallest absolute Gasteiger partial charge is 0.409 e. The van der Waals surface area contributed by atoms with Crippen LogP contribution in [0.1, 0.15) is 27.7 Å². The Bertz CT molecular complexity index is 233. The number of hydrogen-bond acceptors (Lipinski definition) is 3. The molecule has 1 fully saturated rings. The molecule has 2 N–H and O–H groups in total. The first kappa shape index (κ1) is 12.3. The molecule has 0 spiro atoms. The maximum atomic E-state index is 11.5. The van der Waals surface area contributed by atoms with Crippen molar-refractivity contribution in [3.63, 3.8) is 0 Å².